The van der Waals surface area contributed by atoms with Gasteiger partial charge in [-0.3, -0.25) is 4.79 Å². The molecule has 0 heterocycles. The summed E-state index contributed by atoms with van der Waals surface area (Å²) in [5, 5.41) is 11.2. The van der Waals surface area contributed by atoms with Gasteiger partial charge in [-0.15, -0.1) is 0 Å². The van der Waals surface area contributed by atoms with Crippen LogP contribution < -0.4 is 4.72 Å². The molecule has 7 heteroatoms. The monoisotopic (exact) mass is 389 g/mol. The van der Waals surface area contributed by atoms with E-state index in [1.54, 1.807) is 36.4 Å². The van der Waals surface area contributed by atoms with E-state index < -0.39 is 28.5 Å². The highest BCUT2D eigenvalue weighted by Gasteiger charge is 2.25. The zero-order valence-electron chi connectivity index (χ0n) is 13.6. The molecule has 0 fully saturated rings. The highest BCUT2D eigenvalue weighted by Crippen LogP contribution is 2.27. The maximum atomic E-state index is 12.8. The van der Waals surface area contributed by atoms with E-state index in [0.29, 0.717) is 10.6 Å². The van der Waals surface area contributed by atoms with Crippen LogP contribution in [0.1, 0.15) is 18.0 Å². The van der Waals surface area contributed by atoms with Crippen LogP contribution in [0.5, 0.6) is 0 Å². The first-order chi connectivity index (χ1) is 12.4. The van der Waals surface area contributed by atoms with Gasteiger partial charge in [0.25, 0.3) is 0 Å². The summed E-state index contributed by atoms with van der Waals surface area (Å²) in [6.45, 7) is 0. The van der Waals surface area contributed by atoms with Crippen molar-refractivity contribution in [2.45, 2.75) is 17.4 Å². The van der Waals surface area contributed by atoms with Crippen molar-refractivity contribution in [1.82, 2.24) is 4.72 Å². The van der Waals surface area contributed by atoms with Crippen molar-refractivity contribution in [3.8, 4) is 0 Å². The van der Waals surface area contributed by atoms with Gasteiger partial charge in [0.15, 0.2) is 0 Å². The summed E-state index contributed by atoms with van der Waals surface area (Å²) < 4.78 is 28.1. The molecule has 0 aliphatic carbocycles. The number of carboxylic acid groups (broad SMARTS) is 1. The number of rotatable bonds is 6. The van der Waals surface area contributed by atoms with Gasteiger partial charge in [-0.1, -0.05) is 60.1 Å². The highest BCUT2D eigenvalue weighted by atomic mass is 35.5. The molecule has 0 bridgehead atoms. The zero-order chi connectivity index (χ0) is 18.7. The molecule has 3 aromatic carbocycles. The minimum atomic E-state index is -3.93. The first kappa shape index (κ1) is 18.4. The Labute approximate surface area is 156 Å². The lowest BCUT2D eigenvalue weighted by molar-refractivity contribution is -0.137. The van der Waals surface area contributed by atoms with Crippen LogP contribution >= 0.6 is 11.6 Å². The predicted molar refractivity (Wildman–Crippen MR) is 101 cm³/mol. The third-order valence-corrected chi connectivity index (χ3v) is 5.80. The van der Waals surface area contributed by atoms with Gasteiger partial charge in [0, 0.05) is 5.02 Å². The molecule has 0 aliphatic rings. The number of carbonyl (C=O) groups is 1. The number of nitrogens with one attached hydrogen (secondary N) is 1. The predicted octanol–water partition coefficient (Wildman–Crippen LogP) is 3.99. The second-order valence-electron chi connectivity index (χ2n) is 5.80. The van der Waals surface area contributed by atoms with Gasteiger partial charge >= 0.3 is 5.97 Å². The summed E-state index contributed by atoms with van der Waals surface area (Å²) in [6.07, 6.45) is -0.420. The fourth-order valence-electron chi connectivity index (χ4n) is 2.74. The Hall–Kier alpha value is -2.41. The second kappa shape index (κ2) is 7.45. The topological polar surface area (TPSA) is 83.5 Å². The minimum absolute atomic E-state index is 0.0682. The Morgan fingerprint density at radius 2 is 1.65 bits per heavy atom. The molecular weight excluding hydrogens is 374 g/mol. The highest BCUT2D eigenvalue weighted by molar-refractivity contribution is 7.89. The van der Waals surface area contributed by atoms with Gasteiger partial charge in [0.05, 0.1) is 17.4 Å². The Bertz CT molecular complexity index is 1070. The number of aliphatic carboxylic acids is 1. The van der Waals surface area contributed by atoms with E-state index in [9.17, 15) is 13.2 Å². The van der Waals surface area contributed by atoms with E-state index in [4.69, 9.17) is 16.7 Å². The Morgan fingerprint density at radius 1 is 1.00 bits per heavy atom. The molecule has 0 aliphatic heterocycles. The van der Waals surface area contributed by atoms with Crippen molar-refractivity contribution in [1.29, 1.82) is 0 Å². The van der Waals surface area contributed by atoms with Gasteiger partial charge in [-0.25, -0.2) is 13.1 Å². The van der Waals surface area contributed by atoms with Gasteiger partial charge in [0.2, 0.25) is 10.0 Å². The SMILES string of the molecule is O=C(O)C[C@@H](NS(=O)(=O)c1ccc2ccccc2c1)c1ccccc1Cl. The lowest BCUT2D eigenvalue weighted by Crippen LogP contribution is -2.30. The molecule has 0 saturated carbocycles. The molecule has 3 rings (SSSR count). The average Bonchev–Trinajstić information content (AvgIpc) is 2.60. The summed E-state index contributed by atoms with van der Waals surface area (Å²) >= 11 is 6.13. The van der Waals surface area contributed by atoms with Crippen LogP contribution in [-0.4, -0.2) is 19.5 Å². The molecule has 134 valence electrons. The third-order valence-electron chi connectivity index (χ3n) is 3.99. The van der Waals surface area contributed by atoms with Crippen LogP contribution in [0.3, 0.4) is 0 Å². The first-order valence-corrected chi connectivity index (χ1v) is 9.70. The van der Waals surface area contributed by atoms with Crippen molar-refractivity contribution < 1.29 is 18.3 Å². The summed E-state index contributed by atoms with van der Waals surface area (Å²) in [4.78, 5) is 11.3. The molecule has 0 saturated heterocycles. The Balaban J connectivity index is 1.98. The molecular formula is C19H16ClNO4S. The molecule has 2 N–H and O–H groups in total. The Morgan fingerprint density at radius 3 is 2.35 bits per heavy atom. The number of carboxylic acids is 1. The van der Waals surface area contributed by atoms with E-state index >= 15 is 0 Å². The van der Waals surface area contributed by atoms with Crippen LogP contribution in [0, 0.1) is 0 Å². The van der Waals surface area contributed by atoms with Crippen LogP contribution in [-0.2, 0) is 14.8 Å². The maximum absolute atomic E-state index is 12.8. The zero-order valence-corrected chi connectivity index (χ0v) is 15.2. The molecule has 3 aromatic rings. The molecule has 0 unspecified atom stereocenters. The van der Waals surface area contributed by atoms with Crippen LogP contribution in [0.2, 0.25) is 5.02 Å². The summed E-state index contributed by atoms with van der Waals surface area (Å²) in [7, 11) is -3.93. The number of benzene rings is 3. The van der Waals surface area contributed by atoms with Crippen molar-refractivity contribution in [2.75, 3.05) is 0 Å². The molecule has 1 atom stereocenters. The van der Waals surface area contributed by atoms with Crippen LogP contribution in [0.15, 0.2) is 71.6 Å². The normalized spacial score (nSPS) is 12.8. The second-order valence-corrected chi connectivity index (χ2v) is 7.92. The van der Waals surface area contributed by atoms with E-state index in [0.717, 1.165) is 10.8 Å². The standard InChI is InChI=1S/C19H16ClNO4S/c20-17-8-4-3-7-16(17)18(12-19(22)23)21-26(24,25)15-10-9-13-5-1-2-6-14(13)11-15/h1-11,18,21H,12H2,(H,22,23)/t18-/m1/s1. The summed E-state index contributed by atoms with van der Waals surface area (Å²) in [5.41, 5.74) is 0.418. The largest absolute Gasteiger partial charge is 0.481 e. The fourth-order valence-corrected chi connectivity index (χ4v) is 4.26. The van der Waals surface area contributed by atoms with Crippen molar-refractivity contribution >= 4 is 38.4 Å². The third kappa shape index (κ3) is 4.04. The molecule has 0 aromatic heterocycles. The smallest absolute Gasteiger partial charge is 0.305 e. The number of halogens is 1. The lowest BCUT2D eigenvalue weighted by atomic mass is 10.1. The van der Waals surface area contributed by atoms with Gasteiger partial charge in [-0.05, 0) is 34.5 Å². The molecule has 5 nitrogen and oxygen atoms in total. The van der Waals surface area contributed by atoms with Gasteiger partial charge in [-0.2, -0.15) is 0 Å². The van der Waals surface area contributed by atoms with Crippen LogP contribution in [0.25, 0.3) is 10.8 Å². The summed E-state index contributed by atoms with van der Waals surface area (Å²) in [6, 6.07) is 17.8. The quantitative estimate of drug-likeness (QED) is 0.667. The van der Waals surface area contributed by atoms with Gasteiger partial charge in [0.1, 0.15) is 0 Å². The number of hydrogen-bond donors (Lipinski definition) is 2. The number of hydrogen-bond acceptors (Lipinski definition) is 3. The van der Waals surface area contributed by atoms with E-state index in [1.807, 2.05) is 24.3 Å². The lowest BCUT2D eigenvalue weighted by Gasteiger charge is -2.19. The molecule has 0 radical (unpaired) electrons. The number of sulfonamides is 1. The molecule has 26 heavy (non-hydrogen) atoms. The molecule has 0 amide bonds. The van der Waals surface area contributed by atoms with Crippen LogP contribution in [0.4, 0.5) is 0 Å². The summed E-state index contributed by atoms with van der Waals surface area (Å²) in [5.74, 6) is -1.13. The first-order valence-electron chi connectivity index (χ1n) is 7.84. The molecule has 0 spiro atoms. The minimum Gasteiger partial charge on any atom is -0.481 e. The van der Waals surface area contributed by atoms with E-state index in [-0.39, 0.29) is 4.90 Å². The maximum Gasteiger partial charge on any atom is 0.305 e. The van der Waals surface area contributed by atoms with E-state index in [2.05, 4.69) is 4.72 Å². The van der Waals surface area contributed by atoms with Crippen molar-refractivity contribution in [3.63, 3.8) is 0 Å². The van der Waals surface area contributed by atoms with Gasteiger partial charge < -0.3 is 5.11 Å². The Kier molecular flexibility index (Phi) is 5.27. The number of fused-ring (bicyclic) bond motifs is 1. The van der Waals surface area contributed by atoms with Crippen molar-refractivity contribution in [2.24, 2.45) is 0 Å². The van der Waals surface area contributed by atoms with Crippen molar-refractivity contribution in [3.05, 3.63) is 77.3 Å². The fraction of sp³-hybridized carbons (Fsp3) is 0.105. The van der Waals surface area contributed by atoms with E-state index in [1.165, 1.54) is 6.07 Å². The average molecular weight is 390 g/mol.